The molecule has 0 aromatic heterocycles. The van der Waals surface area contributed by atoms with E-state index in [9.17, 15) is 18.4 Å². The van der Waals surface area contributed by atoms with Crippen LogP contribution in [-0.4, -0.2) is 47.8 Å². The number of hydrogen-bond donors (Lipinski definition) is 0. The summed E-state index contributed by atoms with van der Waals surface area (Å²) in [5.41, 5.74) is 0.988. The lowest BCUT2D eigenvalue weighted by atomic mass is 10.1. The minimum Gasteiger partial charge on any atom is -0.339 e. The van der Waals surface area contributed by atoms with Crippen molar-refractivity contribution in [2.24, 2.45) is 0 Å². The molecule has 0 aliphatic carbocycles. The highest BCUT2D eigenvalue weighted by molar-refractivity contribution is 5.92. The Hall–Kier alpha value is -3.02. The Labute approximate surface area is 169 Å². The van der Waals surface area contributed by atoms with Crippen molar-refractivity contribution >= 4 is 17.9 Å². The second-order valence-corrected chi connectivity index (χ2v) is 7.01. The fraction of sp³-hybridized carbons (Fsp3) is 0.304. The summed E-state index contributed by atoms with van der Waals surface area (Å²) in [7, 11) is 0. The SMILES string of the molecule is O=C(/C=C/c1c(F)cccc1F)N1CCN(C(=O)CCCc2ccccc2)CC1. The molecule has 1 aliphatic heterocycles. The predicted octanol–water partition coefficient (Wildman–Crippen LogP) is 3.67. The van der Waals surface area contributed by atoms with Gasteiger partial charge < -0.3 is 9.80 Å². The molecule has 3 rings (SSSR count). The van der Waals surface area contributed by atoms with Crippen molar-refractivity contribution in [2.75, 3.05) is 26.2 Å². The van der Waals surface area contributed by atoms with Crippen molar-refractivity contribution < 1.29 is 18.4 Å². The van der Waals surface area contributed by atoms with Crippen molar-refractivity contribution in [2.45, 2.75) is 19.3 Å². The first kappa shape index (κ1) is 20.7. The van der Waals surface area contributed by atoms with Crippen molar-refractivity contribution in [1.82, 2.24) is 9.80 Å². The Morgan fingerprint density at radius 1 is 0.862 bits per heavy atom. The number of nitrogens with zero attached hydrogens (tertiary/aromatic N) is 2. The standard InChI is InChI=1S/C23H24F2N2O2/c24-20-9-5-10-21(25)19(20)12-13-23(29)27-16-14-26(15-17-27)22(28)11-4-8-18-6-2-1-3-7-18/h1-3,5-7,9-10,12-13H,4,8,11,14-17H2/b13-12+. The van der Waals surface area contributed by atoms with Crippen LogP contribution in [0.5, 0.6) is 0 Å². The maximum atomic E-state index is 13.6. The van der Waals surface area contributed by atoms with E-state index >= 15 is 0 Å². The zero-order valence-electron chi connectivity index (χ0n) is 16.2. The zero-order chi connectivity index (χ0) is 20.6. The van der Waals surface area contributed by atoms with Crippen LogP contribution in [0.15, 0.2) is 54.6 Å². The number of benzene rings is 2. The third-order valence-electron chi connectivity index (χ3n) is 5.04. The first-order chi connectivity index (χ1) is 14.0. The van der Waals surface area contributed by atoms with Crippen molar-refractivity contribution in [1.29, 1.82) is 0 Å². The van der Waals surface area contributed by atoms with Crippen LogP contribution in [0.3, 0.4) is 0 Å². The fourth-order valence-electron chi connectivity index (χ4n) is 3.35. The van der Waals surface area contributed by atoms with Crippen LogP contribution in [0.1, 0.15) is 24.0 Å². The molecule has 1 heterocycles. The topological polar surface area (TPSA) is 40.6 Å². The molecule has 4 nitrogen and oxygen atoms in total. The second kappa shape index (κ2) is 9.96. The van der Waals surface area contributed by atoms with Crippen LogP contribution in [0, 0.1) is 11.6 Å². The van der Waals surface area contributed by atoms with E-state index in [0.717, 1.165) is 31.1 Å². The average Bonchev–Trinajstić information content (AvgIpc) is 2.74. The molecule has 0 N–H and O–H groups in total. The number of rotatable bonds is 6. The molecular weight excluding hydrogens is 374 g/mol. The highest BCUT2D eigenvalue weighted by Gasteiger charge is 2.22. The van der Waals surface area contributed by atoms with E-state index in [2.05, 4.69) is 12.1 Å². The molecule has 1 fully saturated rings. The molecule has 0 bridgehead atoms. The Morgan fingerprint density at radius 3 is 2.14 bits per heavy atom. The molecule has 1 aliphatic rings. The van der Waals surface area contributed by atoms with Crippen molar-refractivity contribution in [3.63, 3.8) is 0 Å². The number of amides is 2. The Bertz CT molecular complexity index is 855. The number of aryl methyl sites for hydroxylation is 1. The van der Waals surface area contributed by atoms with Crippen LogP contribution < -0.4 is 0 Å². The first-order valence-electron chi connectivity index (χ1n) is 9.77. The number of piperazine rings is 1. The van der Waals surface area contributed by atoms with Crippen LogP contribution in [0.2, 0.25) is 0 Å². The largest absolute Gasteiger partial charge is 0.339 e. The van der Waals surface area contributed by atoms with Crippen LogP contribution in [0.25, 0.3) is 6.08 Å². The van der Waals surface area contributed by atoms with Gasteiger partial charge in [-0.05, 0) is 36.6 Å². The van der Waals surface area contributed by atoms with Gasteiger partial charge in [-0.2, -0.15) is 0 Å². The molecule has 152 valence electrons. The summed E-state index contributed by atoms with van der Waals surface area (Å²) in [5, 5.41) is 0. The lowest BCUT2D eigenvalue weighted by molar-refractivity contribution is -0.137. The van der Waals surface area contributed by atoms with Crippen molar-refractivity contribution in [3.8, 4) is 0 Å². The van der Waals surface area contributed by atoms with Gasteiger partial charge in [0.05, 0.1) is 0 Å². The van der Waals surface area contributed by atoms with Gasteiger partial charge in [0, 0.05) is 44.2 Å². The van der Waals surface area contributed by atoms with E-state index in [0.29, 0.717) is 32.6 Å². The monoisotopic (exact) mass is 398 g/mol. The third kappa shape index (κ3) is 5.73. The Morgan fingerprint density at radius 2 is 1.48 bits per heavy atom. The lowest BCUT2D eigenvalue weighted by Gasteiger charge is -2.34. The maximum Gasteiger partial charge on any atom is 0.246 e. The highest BCUT2D eigenvalue weighted by atomic mass is 19.1. The summed E-state index contributed by atoms with van der Waals surface area (Å²) in [4.78, 5) is 28.0. The zero-order valence-corrected chi connectivity index (χ0v) is 16.2. The normalized spacial score (nSPS) is 14.4. The Kier molecular flexibility index (Phi) is 7.11. The van der Waals surface area contributed by atoms with Gasteiger partial charge in [-0.3, -0.25) is 9.59 Å². The lowest BCUT2D eigenvalue weighted by Crippen LogP contribution is -2.50. The molecule has 0 spiro atoms. The maximum absolute atomic E-state index is 13.6. The fourth-order valence-corrected chi connectivity index (χ4v) is 3.35. The molecule has 0 radical (unpaired) electrons. The average molecular weight is 398 g/mol. The van der Waals surface area contributed by atoms with Gasteiger partial charge in [-0.1, -0.05) is 36.4 Å². The summed E-state index contributed by atoms with van der Waals surface area (Å²) >= 11 is 0. The molecule has 0 unspecified atom stereocenters. The minimum absolute atomic E-state index is 0.0944. The number of carbonyl (C=O) groups is 2. The predicted molar refractivity (Wildman–Crippen MR) is 108 cm³/mol. The molecule has 0 atom stereocenters. The second-order valence-electron chi connectivity index (χ2n) is 7.01. The van der Waals surface area contributed by atoms with E-state index in [1.54, 1.807) is 9.80 Å². The first-order valence-corrected chi connectivity index (χ1v) is 9.77. The summed E-state index contributed by atoms with van der Waals surface area (Å²) in [6.45, 7) is 1.76. The van der Waals surface area contributed by atoms with Gasteiger partial charge in [-0.15, -0.1) is 0 Å². The van der Waals surface area contributed by atoms with Crippen LogP contribution in [-0.2, 0) is 16.0 Å². The van der Waals surface area contributed by atoms with E-state index in [-0.39, 0.29) is 17.4 Å². The van der Waals surface area contributed by atoms with Crippen LogP contribution >= 0.6 is 0 Å². The van der Waals surface area contributed by atoms with Gasteiger partial charge in [-0.25, -0.2) is 8.78 Å². The molecule has 2 amide bonds. The van der Waals surface area contributed by atoms with Crippen LogP contribution in [0.4, 0.5) is 8.78 Å². The molecule has 0 saturated carbocycles. The quantitative estimate of drug-likeness (QED) is 0.697. The third-order valence-corrected chi connectivity index (χ3v) is 5.04. The summed E-state index contributed by atoms with van der Waals surface area (Å²) < 4.78 is 27.3. The smallest absolute Gasteiger partial charge is 0.246 e. The molecule has 2 aromatic carbocycles. The minimum atomic E-state index is -0.708. The molecule has 2 aromatic rings. The number of hydrogen-bond acceptors (Lipinski definition) is 2. The van der Waals surface area contributed by atoms with Crippen molar-refractivity contribution in [3.05, 3.63) is 77.4 Å². The van der Waals surface area contributed by atoms with Gasteiger partial charge in [0.2, 0.25) is 11.8 Å². The van der Waals surface area contributed by atoms with Gasteiger partial charge >= 0.3 is 0 Å². The molecule has 1 saturated heterocycles. The number of carbonyl (C=O) groups excluding carboxylic acids is 2. The number of halogens is 2. The molecular formula is C23H24F2N2O2. The van der Waals surface area contributed by atoms with Gasteiger partial charge in [0.1, 0.15) is 11.6 Å². The van der Waals surface area contributed by atoms with E-state index in [1.165, 1.54) is 17.7 Å². The van der Waals surface area contributed by atoms with E-state index in [4.69, 9.17) is 0 Å². The highest BCUT2D eigenvalue weighted by Crippen LogP contribution is 2.14. The van der Waals surface area contributed by atoms with E-state index < -0.39 is 11.6 Å². The molecule has 29 heavy (non-hydrogen) atoms. The van der Waals surface area contributed by atoms with Gasteiger partial charge in [0.15, 0.2) is 0 Å². The van der Waals surface area contributed by atoms with E-state index in [1.807, 2.05) is 18.2 Å². The van der Waals surface area contributed by atoms with Gasteiger partial charge in [0.25, 0.3) is 0 Å². The summed E-state index contributed by atoms with van der Waals surface area (Å²) in [5.74, 6) is -1.64. The Balaban J connectivity index is 1.44. The summed E-state index contributed by atoms with van der Waals surface area (Å²) in [6.07, 6.45) is 4.48. The molecule has 6 heteroatoms. The summed E-state index contributed by atoms with van der Waals surface area (Å²) in [6, 6.07) is 13.6.